The van der Waals surface area contributed by atoms with Crippen molar-refractivity contribution in [2.45, 2.75) is 32.7 Å². The summed E-state index contributed by atoms with van der Waals surface area (Å²) < 4.78 is 5.44. The van der Waals surface area contributed by atoms with Gasteiger partial charge in [-0.05, 0) is 30.9 Å². The third-order valence-electron chi connectivity index (χ3n) is 4.26. The van der Waals surface area contributed by atoms with Gasteiger partial charge >= 0.3 is 0 Å². The average molecular weight is 262 g/mol. The van der Waals surface area contributed by atoms with E-state index in [2.05, 4.69) is 43.9 Å². The van der Waals surface area contributed by atoms with E-state index in [4.69, 9.17) is 10.5 Å². The molecule has 2 atom stereocenters. The normalized spacial score (nSPS) is 20.2. The number of nitrogens with two attached hydrogens (primary N) is 1. The second-order valence-electron chi connectivity index (χ2n) is 5.60. The minimum absolute atomic E-state index is 0.407. The molecule has 2 unspecified atom stereocenters. The molecule has 3 heteroatoms. The van der Waals surface area contributed by atoms with Gasteiger partial charge in [-0.1, -0.05) is 30.7 Å². The number of hydrogen-bond donors (Lipinski definition) is 1. The molecule has 106 valence electrons. The molecule has 1 saturated heterocycles. The van der Waals surface area contributed by atoms with Crippen LogP contribution in [-0.2, 0) is 4.74 Å². The van der Waals surface area contributed by atoms with Crippen LogP contribution < -0.4 is 5.73 Å². The third kappa shape index (κ3) is 3.35. The predicted molar refractivity (Wildman–Crippen MR) is 79.6 cm³/mol. The fourth-order valence-electron chi connectivity index (χ4n) is 3.04. The second-order valence-corrected chi connectivity index (χ2v) is 5.60. The molecule has 0 spiro atoms. The number of nitrogens with zero attached hydrogens (tertiary/aromatic N) is 1. The summed E-state index contributed by atoms with van der Waals surface area (Å²) in [5, 5.41) is 0. The van der Waals surface area contributed by atoms with Gasteiger partial charge in [-0.25, -0.2) is 0 Å². The maximum absolute atomic E-state index is 6.05. The van der Waals surface area contributed by atoms with E-state index in [9.17, 15) is 0 Å². The highest BCUT2D eigenvalue weighted by Crippen LogP contribution is 2.27. The zero-order valence-corrected chi connectivity index (χ0v) is 12.4. The lowest BCUT2D eigenvalue weighted by molar-refractivity contribution is 0.0136. The van der Waals surface area contributed by atoms with Crippen LogP contribution in [0.2, 0.25) is 0 Å². The number of benzene rings is 1. The molecule has 0 amide bonds. The zero-order chi connectivity index (χ0) is 13.8. The fourth-order valence-corrected chi connectivity index (χ4v) is 3.04. The van der Waals surface area contributed by atoms with Crippen LogP contribution in [0, 0.1) is 13.8 Å². The van der Waals surface area contributed by atoms with Gasteiger partial charge in [0, 0.05) is 25.7 Å². The molecule has 1 aromatic rings. The van der Waals surface area contributed by atoms with Gasteiger partial charge in [-0.2, -0.15) is 0 Å². The molecule has 2 rings (SSSR count). The summed E-state index contributed by atoms with van der Waals surface area (Å²) in [6, 6.07) is 7.11. The van der Waals surface area contributed by atoms with E-state index in [0.29, 0.717) is 18.5 Å². The standard InChI is InChI=1S/C16H26N2O/c1-12-4-5-13(2)15(10-12)14(3)16(11-17)18-6-8-19-9-7-18/h4-5,10,14,16H,6-9,11,17H2,1-3H3. The van der Waals surface area contributed by atoms with Crippen LogP contribution in [0.4, 0.5) is 0 Å². The number of aryl methyl sites for hydroxylation is 2. The van der Waals surface area contributed by atoms with Crippen LogP contribution in [0.1, 0.15) is 29.5 Å². The molecule has 1 aromatic carbocycles. The summed E-state index contributed by atoms with van der Waals surface area (Å²) in [5.41, 5.74) is 10.2. The summed E-state index contributed by atoms with van der Waals surface area (Å²) >= 11 is 0. The quantitative estimate of drug-likeness (QED) is 0.903. The van der Waals surface area contributed by atoms with Gasteiger partial charge < -0.3 is 10.5 Å². The lowest BCUT2D eigenvalue weighted by atomic mass is 9.88. The number of hydrogen-bond acceptors (Lipinski definition) is 3. The molecule has 2 N–H and O–H groups in total. The number of rotatable bonds is 4. The first kappa shape index (κ1) is 14.5. The van der Waals surface area contributed by atoms with Crippen LogP contribution >= 0.6 is 0 Å². The summed E-state index contributed by atoms with van der Waals surface area (Å²) in [6.07, 6.45) is 0. The van der Waals surface area contributed by atoms with E-state index in [1.165, 1.54) is 16.7 Å². The summed E-state index contributed by atoms with van der Waals surface area (Å²) in [6.45, 7) is 11.0. The van der Waals surface area contributed by atoms with Gasteiger partial charge in [-0.15, -0.1) is 0 Å². The molecule has 1 heterocycles. The van der Waals surface area contributed by atoms with E-state index >= 15 is 0 Å². The van der Waals surface area contributed by atoms with Crippen molar-refractivity contribution in [1.29, 1.82) is 0 Å². The molecular weight excluding hydrogens is 236 g/mol. The van der Waals surface area contributed by atoms with Gasteiger partial charge in [0.15, 0.2) is 0 Å². The Kier molecular flexibility index (Phi) is 4.97. The topological polar surface area (TPSA) is 38.5 Å². The molecule has 19 heavy (non-hydrogen) atoms. The van der Waals surface area contributed by atoms with Crippen molar-refractivity contribution in [1.82, 2.24) is 4.90 Å². The smallest absolute Gasteiger partial charge is 0.0594 e. The van der Waals surface area contributed by atoms with Crippen molar-refractivity contribution in [2.75, 3.05) is 32.8 Å². The Morgan fingerprint density at radius 1 is 1.26 bits per heavy atom. The molecule has 1 aliphatic heterocycles. The number of morpholine rings is 1. The largest absolute Gasteiger partial charge is 0.379 e. The van der Waals surface area contributed by atoms with Crippen molar-refractivity contribution in [2.24, 2.45) is 5.73 Å². The molecule has 0 aliphatic carbocycles. The van der Waals surface area contributed by atoms with Gasteiger partial charge in [-0.3, -0.25) is 4.90 Å². The maximum Gasteiger partial charge on any atom is 0.0594 e. The Balaban J connectivity index is 2.19. The van der Waals surface area contributed by atoms with Crippen LogP contribution in [0.3, 0.4) is 0 Å². The first-order valence-corrected chi connectivity index (χ1v) is 7.22. The highest BCUT2D eigenvalue weighted by molar-refractivity contribution is 5.34. The highest BCUT2D eigenvalue weighted by Gasteiger charge is 2.26. The molecule has 1 aliphatic rings. The third-order valence-corrected chi connectivity index (χ3v) is 4.26. The monoisotopic (exact) mass is 262 g/mol. The van der Waals surface area contributed by atoms with E-state index in [1.807, 2.05) is 0 Å². The Hall–Kier alpha value is -0.900. The zero-order valence-electron chi connectivity index (χ0n) is 12.4. The molecule has 3 nitrogen and oxygen atoms in total. The van der Waals surface area contributed by atoms with E-state index in [-0.39, 0.29) is 0 Å². The lowest BCUT2D eigenvalue weighted by Crippen LogP contribution is -2.49. The lowest BCUT2D eigenvalue weighted by Gasteiger charge is -2.38. The van der Waals surface area contributed by atoms with Gasteiger partial charge in [0.2, 0.25) is 0 Å². The SMILES string of the molecule is Cc1ccc(C)c(C(C)C(CN)N2CCOCC2)c1. The van der Waals surface area contributed by atoms with Crippen molar-refractivity contribution >= 4 is 0 Å². The Morgan fingerprint density at radius 2 is 1.95 bits per heavy atom. The Morgan fingerprint density at radius 3 is 2.58 bits per heavy atom. The van der Waals surface area contributed by atoms with E-state index in [1.54, 1.807) is 0 Å². The minimum atomic E-state index is 0.407. The predicted octanol–water partition coefficient (Wildman–Crippen LogP) is 2.07. The molecular formula is C16H26N2O. The molecule has 0 aromatic heterocycles. The maximum atomic E-state index is 6.05. The Bertz CT molecular complexity index is 413. The molecule has 1 fully saturated rings. The Labute approximate surface area is 116 Å². The number of ether oxygens (including phenoxy) is 1. The van der Waals surface area contributed by atoms with Gasteiger partial charge in [0.25, 0.3) is 0 Å². The van der Waals surface area contributed by atoms with Crippen LogP contribution in [0.15, 0.2) is 18.2 Å². The summed E-state index contributed by atoms with van der Waals surface area (Å²) in [4.78, 5) is 2.48. The highest BCUT2D eigenvalue weighted by atomic mass is 16.5. The van der Waals surface area contributed by atoms with Gasteiger partial charge in [0.1, 0.15) is 0 Å². The van der Waals surface area contributed by atoms with E-state index < -0.39 is 0 Å². The fraction of sp³-hybridized carbons (Fsp3) is 0.625. The van der Waals surface area contributed by atoms with Crippen LogP contribution in [0.5, 0.6) is 0 Å². The molecule has 0 saturated carbocycles. The van der Waals surface area contributed by atoms with Crippen LogP contribution in [0.25, 0.3) is 0 Å². The van der Waals surface area contributed by atoms with Crippen LogP contribution in [-0.4, -0.2) is 43.8 Å². The summed E-state index contributed by atoms with van der Waals surface area (Å²) in [7, 11) is 0. The minimum Gasteiger partial charge on any atom is -0.379 e. The van der Waals surface area contributed by atoms with E-state index in [0.717, 1.165) is 26.3 Å². The van der Waals surface area contributed by atoms with Crippen molar-refractivity contribution in [3.63, 3.8) is 0 Å². The second kappa shape index (κ2) is 6.51. The first-order chi connectivity index (χ1) is 9.13. The first-order valence-electron chi connectivity index (χ1n) is 7.22. The van der Waals surface area contributed by atoms with Crippen molar-refractivity contribution in [3.8, 4) is 0 Å². The van der Waals surface area contributed by atoms with Crippen molar-refractivity contribution in [3.05, 3.63) is 34.9 Å². The molecule has 0 bridgehead atoms. The van der Waals surface area contributed by atoms with Crippen molar-refractivity contribution < 1.29 is 4.74 Å². The van der Waals surface area contributed by atoms with Gasteiger partial charge in [0.05, 0.1) is 13.2 Å². The molecule has 0 radical (unpaired) electrons. The summed E-state index contributed by atoms with van der Waals surface area (Å²) in [5.74, 6) is 0.461. The average Bonchev–Trinajstić information content (AvgIpc) is 2.43.